The van der Waals surface area contributed by atoms with Gasteiger partial charge in [0.15, 0.2) is 0 Å². The molecule has 2 aromatic rings. The molecule has 0 spiro atoms. The molecule has 212 valence electrons. The fourth-order valence-corrected chi connectivity index (χ4v) is 5.04. The number of hydrogen-bond donors (Lipinski definition) is 1. The third-order valence-corrected chi connectivity index (χ3v) is 7.31. The van der Waals surface area contributed by atoms with Crippen molar-refractivity contribution in [3.8, 4) is 5.75 Å². The van der Waals surface area contributed by atoms with E-state index >= 15 is 0 Å². The average molecular weight is 574 g/mol. The van der Waals surface area contributed by atoms with Gasteiger partial charge in [0.2, 0.25) is 0 Å². The number of ether oxygens (including phenoxy) is 3. The van der Waals surface area contributed by atoms with Gasteiger partial charge in [0, 0.05) is 21.7 Å². The number of hydrogen-bond acceptors (Lipinski definition) is 6. The van der Waals surface area contributed by atoms with Gasteiger partial charge in [-0.15, -0.1) is 11.8 Å². The molecule has 0 aliphatic heterocycles. The molecule has 1 unspecified atom stereocenters. The summed E-state index contributed by atoms with van der Waals surface area (Å²) in [6, 6.07) is 15.6. The molecule has 1 N–H and O–H groups in total. The molecule has 8 heteroatoms. The van der Waals surface area contributed by atoms with Crippen LogP contribution in [-0.2, 0) is 14.3 Å². The Kier molecular flexibility index (Phi) is 14.6. The number of thioether (sulfide) groups is 1. The Morgan fingerprint density at radius 3 is 2.36 bits per heavy atom. The molecule has 2 aromatic carbocycles. The Morgan fingerprint density at radius 2 is 1.77 bits per heavy atom. The molecule has 0 saturated carbocycles. The van der Waals surface area contributed by atoms with Gasteiger partial charge in [-0.25, -0.2) is 9.59 Å². The minimum Gasteiger partial charge on any atom is -0.490 e. The molecule has 0 bridgehead atoms. The third kappa shape index (κ3) is 11.8. The predicted molar refractivity (Wildman–Crippen MR) is 160 cm³/mol. The SMILES string of the molecule is C=CC(=O)OCCNC(=O)OC(COc1ccc(/C(CCC)=C(\CC)C(C)C)cc1)CSc1ccc(Cl)cc1. The molecule has 0 aliphatic rings. The molecule has 0 fully saturated rings. The zero-order chi connectivity index (χ0) is 28.6. The van der Waals surface area contributed by atoms with Crippen molar-refractivity contribution in [2.45, 2.75) is 58.0 Å². The van der Waals surface area contributed by atoms with Crippen LogP contribution in [0.1, 0.15) is 52.5 Å². The standard InChI is InChI=1S/C31H40ClNO5S/c1-6-9-29(28(7-2)22(4)5)23-10-14-25(15-11-23)37-20-26(21-39-27-16-12-24(32)13-17-27)38-31(35)33-18-19-36-30(34)8-3/h8,10-17,22,26H,3,6-7,9,18-21H2,1-2,4-5H3,(H,33,35)/b29-28+. The number of alkyl carbamates (subject to hydrolysis) is 1. The zero-order valence-electron chi connectivity index (χ0n) is 23.3. The first kappa shape index (κ1) is 32.3. The first-order valence-electron chi connectivity index (χ1n) is 13.3. The van der Waals surface area contributed by atoms with E-state index in [1.807, 2.05) is 36.4 Å². The lowest BCUT2D eigenvalue weighted by molar-refractivity contribution is -0.137. The second-order valence-corrected chi connectivity index (χ2v) is 10.7. The summed E-state index contributed by atoms with van der Waals surface area (Å²) >= 11 is 7.53. The van der Waals surface area contributed by atoms with Gasteiger partial charge >= 0.3 is 12.1 Å². The molecular weight excluding hydrogens is 534 g/mol. The third-order valence-electron chi connectivity index (χ3n) is 5.91. The first-order valence-corrected chi connectivity index (χ1v) is 14.7. The van der Waals surface area contributed by atoms with E-state index in [-0.39, 0.29) is 19.8 Å². The zero-order valence-corrected chi connectivity index (χ0v) is 24.9. The van der Waals surface area contributed by atoms with Crippen LogP contribution in [0.15, 0.2) is 71.7 Å². The van der Waals surface area contributed by atoms with Crippen LogP contribution < -0.4 is 10.1 Å². The van der Waals surface area contributed by atoms with Gasteiger partial charge in [0.05, 0.1) is 6.54 Å². The van der Waals surface area contributed by atoms with Crippen molar-refractivity contribution in [2.75, 3.05) is 25.5 Å². The van der Waals surface area contributed by atoms with Crippen molar-refractivity contribution in [3.63, 3.8) is 0 Å². The number of benzene rings is 2. The van der Waals surface area contributed by atoms with Crippen LogP contribution in [0.3, 0.4) is 0 Å². The molecule has 6 nitrogen and oxygen atoms in total. The highest BCUT2D eigenvalue weighted by atomic mass is 35.5. The Balaban J connectivity index is 2.04. The maximum atomic E-state index is 12.4. The van der Waals surface area contributed by atoms with Gasteiger partial charge in [-0.1, -0.05) is 70.0 Å². The van der Waals surface area contributed by atoms with Gasteiger partial charge in [0.25, 0.3) is 0 Å². The number of halogens is 1. The minimum atomic E-state index is -0.611. The highest BCUT2D eigenvalue weighted by molar-refractivity contribution is 7.99. The summed E-state index contributed by atoms with van der Waals surface area (Å²) in [6.07, 6.45) is 3.10. The van der Waals surface area contributed by atoms with E-state index in [1.54, 1.807) is 0 Å². The quantitative estimate of drug-likeness (QED) is 0.0950. The maximum Gasteiger partial charge on any atom is 0.407 e. The van der Waals surface area contributed by atoms with Crippen LogP contribution in [0.5, 0.6) is 5.75 Å². The predicted octanol–water partition coefficient (Wildman–Crippen LogP) is 7.95. The number of amides is 1. The van der Waals surface area contributed by atoms with Crippen molar-refractivity contribution in [1.82, 2.24) is 5.32 Å². The Bertz CT molecular complexity index is 1080. The van der Waals surface area contributed by atoms with Gasteiger partial charge in [-0.05, 0) is 66.3 Å². The number of carbonyl (C=O) groups is 2. The number of allylic oxidation sites excluding steroid dienone is 2. The Labute approximate surface area is 242 Å². The lowest BCUT2D eigenvalue weighted by Gasteiger charge is -2.20. The van der Waals surface area contributed by atoms with Crippen molar-refractivity contribution in [3.05, 3.63) is 77.3 Å². The lowest BCUT2D eigenvalue weighted by atomic mass is 9.88. The first-order chi connectivity index (χ1) is 18.8. The molecule has 0 aliphatic carbocycles. The molecular formula is C31H40ClNO5S. The number of rotatable bonds is 16. The molecule has 0 heterocycles. The topological polar surface area (TPSA) is 73.9 Å². The van der Waals surface area contributed by atoms with Crippen molar-refractivity contribution < 1.29 is 23.8 Å². The number of esters is 1. The average Bonchev–Trinajstić information content (AvgIpc) is 2.93. The number of carbonyl (C=O) groups excluding carboxylic acids is 2. The second-order valence-electron chi connectivity index (χ2n) is 9.19. The molecule has 39 heavy (non-hydrogen) atoms. The smallest absolute Gasteiger partial charge is 0.407 e. The molecule has 0 saturated heterocycles. The molecule has 2 rings (SSSR count). The van der Waals surface area contributed by atoms with E-state index in [9.17, 15) is 9.59 Å². The molecule has 1 atom stereocenters. The monoisotopic (exact) mass is 573 g/mol. The molecule has 1 amide bonds. The summed E-state index contributed by atoms with van der Waals surface area (Å²) < 4.78 is 16.5. The van der Waals surface area contributed by atoms with Gasteiger partial charge < -0.3 is 19.5 Å². The van der Waals surface area contributed by atoms with Crippen molar-refractivity contribution in [2.24, 2.45) is 5.92 Å². The highest BCUT2D eigenvalue weighted by Crippen LogP contribution is 2.31. The minimum absolute atomic E-state index is 0.0258. The fourth-order valence-electron chi connectivity index (χ4n) is 4.04. The van der Waals surface area contributed by atoms with Gasteiger partial charge in [-0.2, -0.15) is 0 Å². The van der Waals surface area contributed by atoms with E-state index in [0.717, 1.165) is 30.2 Å². The van der Waals surface area contributed by atoms with Gasteiger partial charge in [0.1, 0.15) is 25.1 Å². The van der Waals surface area contributed by atoms with Crippen molar-refractivity contribution >= 4 is 41.0 Å². The summed E-state index contributed by atoms with van der Waals surface area (Å²) in [5, 5.41) is 3.25. The number of nitrogens with one attached hydrogen (secondary N) is 1. The lowest BCUT2D eigenvalue weighted by Crippen LogP contribution is -2.35. The summed E-state index contributed by atoms with van der Waals surface area (Å²) in [4.78, 5) is 24.5. The van der Waals surface area contributed by atoms with Crippen LogP contribution in [0, 0.1) is 5.92 Å². The van der Waals surface area contributed by atoms with E-state index in [1.165, 1.54) is 28.5 Å². The van der Waals surface area contributed by atoms with Crippen LogP contribution in [0.2, 0.25) is 5.02 Å². The summed E-state index contributed by atoms with van der Waals surface area (Å²) in [6.45, 7) is 12.6. The summed E-state index contributed by atoms with van der Waals surface area (Å²) in [5.74, 6) is 1.15. The van der Waals surface area contributed by atoms with Crippen LogP contribution in [0.4, 0.5) is 4.79 Å². The van der Waals surface area contributed by atoms with E-state index in [4.69, 9.17) is 25.8 Å². The normalized spacial score (nSPS) is 12.4. The maximum absolute atomic E-state index is 12.4. The van der Waals surface area contributed by atoms with Crippen molar-refractivity contribution in [1.29, 1.82) is 0 Å². The Hall–Kier alpha value is -2.90. The van der Waals surface area contributed by atoms with Crippen LogP contribution in [-0.4, -0.2) is 43.7 Å². The molecule has 0 radical (unpaired) electrons. The Morgan fingerprint density at radius 1 is 1.08 bits per heavy atom. The van der Waals surface area contributed by atoms with E-state index in [0.29, 0.717) is 22.4 Å². The fraction of sp³-hybridized carbons (Fsp3) is 0.419. The van der Waals surface area contributed by atoms with E-state index < -0.39 is 18.2 Å². The van der Waals surface area contributed by atoms with Gasteiger partial charge in [-0.3, -0.25) is 0 Å². The second kappa shape index (κ2) is 17.6. The van der Waals surface area contributed by atoms with E-state index in [2.05, 4.69) is 51.7 Å². The highest BCUT2D eigenvalue weighted by Gasteiger charge is 2.17. The largest absolute Gasteiger partial charge is 0.490 e. The summed E-state index contributed by atoms with van der Waals surface area (Å²) in [7, 11) is 0. The summed E-state index contributed by atoms with van der Waals surface area (Å²) in [5.41, 5.74) is 4.12. The van der Waals surface area contributed by atoms with Crippen LogP contribution >= 0.6 is 23.4 Å². The molecule has 0 aromatic heterocycles. The van der Waals surface area contributed by atoms with Crippen LogP contribution in [0.25, 0.3) is 5.57 Å².